The summed E-state index contributed by atoms with van der Waals surface area (Å²) in [5.41, 5.74) is 0.250. The molecule has 0 atom stereocenters. The van der Waals surface area contributed by atoms with Crippen molar-refractivity contribution in [2.45, 2.75) is 0 Å². The molecule has 0 saturated heterocycles. The van der Waals surface area contributed by atoms with Crippen LogP contribution in [0.4, 0.5) is 17.2 Å². The van der Waals surface area contributed by atoms with Crippen molar-refractivity contribution >= 4 is 23.2 Å². The van der Waals surface area contributed by atoms with Gasteiger partial charge in [-0.15, -0.1) is 0 Å². The topological polar surface area (TPSA) is 129 Å². The third kappa shape index (κ3) is 3.10. The van der Waals surface area contributed by atoms with Crippen LogP contribution < -0.4 is 5.32 Å². The first-order valence-corrected chi connectivity index (χ1v) is 5.66. The Hall–Kier alpha value is -3.47. The first kappa shape index (κ1) is 14.0. The molecule has 8 heteroatoms. The van der Waals surface area contributed by atoms with Crippen LogP contribution >= 0.6 is 0 Å². The van der Waals surface area contributed by atoms with Crippen LogP contribution in [-0.4, -0.2) is 21.0 Å². The van der Waals surface area contributed by atoms with Crippen molar-refractivity contribution in [2.24, 2.45) is 0 Å². The van der Waals surface area contributed by atoms with Gasteiger partial charge >= 0.3 is 5.97 Å². The SMILES string of the molecule is N#Cc1ccc(Nc2ncc([N+](=O)[O-])cc2C(=O)O)cc1. The smallest absolute Gasteiger partial charge is 0.339 e. The molecule has 8 nitrogen and oxygen atoms in total. The molecule has 0 bridgehead atoms. The van der Waals surface area contributed by atoms with E-state index in [1.807, 2.05) is 6.07 Å². The number of nitrogens with one attached hydrogen (secondary N) is 1. The molecular formula is C13H8N4O4. The minimum atomic E-state index is -1.33. The molecule has 0 saturated carbocycles. The second-order valence-electron chi connectivity index (χ2n) is 3.97. The van der Waals surface area contributed by atoms with Crippen LogP contribution in [0.3, 0.4) is 0 Å². The molecule has 1 aromatic heterocycles. The zero-order chi connectivity index (χ0) is 15.4. The number of aromatic carboxylic acids is 1. The van der Waals surface area contributed by atoms with Crippen molar-refractivity contribution < 1.29 is 14.8 Å². The lowest BCUT2D eigenvalue weighted by atomic mass is 10.2. The maximum absolute atomic E-state index is 11.1. The molecule has 2 N–H and O–H groups in total. The Morgan fingerprint density at radius 2 is 2.05 bits per heavy atom. The molecule has 0 aliphatic rings. The first-order chi connectivity index (χ1) is 10.0. The number of carboxylic acid groups (broad SMARTS) is 1. The lowest BCUT2D eigenvalue weighted by molar-refractivity contribution is -0.385. The number of carbonyl (C=O) groups is 1. The summed E-state index contributed by atoms with van der Waals surface area (Å²) in [7, 11) is 0. The molecule has 0 amide bonds. The fourth-order valence-electron chi connectivity index (χ4n) is 1.58. The molecule has 0 unspecified atom stereocenters. The Morgan fingerprint density at radius 1 is 1.38 bits per heavy atom. The van der Waals surface area contributed by atoms with Crippen LogP contribution in [0.1, 0.15) is 15.9 Å². The summed E-state index contributed by atoms with van der Waals surface area (Å²) in [5, 5.41) is 31.2. The first-order valence-electron chi connectivity index (χ1n) is 5.66. The van der Waals surface area contributed by atoms with E-state index < -0.39 is 16.6 Å². The fourth-order valence-corrected chi connectivity index (χ4v) is 1.58. The van der Waals surface area contributed by atoms with E-state index in [-0.39, 0.29) is 11.4 Å². The minimum Gasteiger partial charge on any atom is -0.478 e. The monoisotopic (exact) mass is 284 g/mol. The summed E-state index contributed by atoms with van der Waals surface area (Å²) in [5.74, 6) is -1.35. The lowest BCUT2D eigenvalue weighted by Gasteiger charge is -2.08. The number of nitrogens with zero attached hydrogens (tertiary/aromatic N) is 3. The van der Waals surface area contributed by atoms with Gasteiger partial charge in [0.25, 0.3) is 5.69 Å². The third-order valence-electron chi connectivity index (χ3n) is 2.59. The van der Waals surface area contributed by atoms with E-state index in [4.69, 9.17) is 10.4 Å². The van der Waals surface area contributed by atoms with Crippen LogP contribution in [0.2, 0.25) is 0 Å². The highest BCUT2D eigenvalue weighted by molar-refractivity contribution is 5.94. The average molecular weight is 284 g/mol. The Balaban J connectivity index is 2.36. The molecule has 21 heavy (non-hydrogen) atoms. The molecule has 1 aromatic carbocycles. The number of nitro groups is 1. The number of aromatic nitrogens is 1. The highest BCUT2D eigenvalue weighted by Gasteiger charge is 2.17. The number of hydrogen-bond donors (Lipinski definition) is 2. The van der Waals surface area contributed by atoms with E-state index in [9.17, 15) is 14.9 Å². The zero-order valence-corrected chi connectivity index (χ0v) is 10.5. The number of pyridine rings is 1. The molecule has 2 aromatic rings. The molecule has 104 valence electrons. The molecule has 1 heterocycles. The Kier molecular flexibility index (Phi) is 3.76. The largest absolute Gasteiger partial charge is 0.478 e. The van der Waals surface area contributed by atoms with Crippen LogP contribution in [0.15, 0.2) is 36.5 Å². The van der Waals surface area contributed by atoms with Crippen molar-refractivity contribution in [3.63, 3.8) is 0 Å². The van der Waals surface area contributed by atoms with Gasteiger partial charge in [0.1, 0.15) is 17.6 Å². The summed E-state index contributed by atoms with van der Waals surface area (Å²) in [6.45, 7) is 0. The van der Waals surface area contributed by atoms with Crippen molar-refractivity contribution in [3.8, 4) is 6.07 Å². The van der Waals surface area contributed by atoms with Gasteiger partial charge in [-0.2, -0.15) is 5.26 Å². The summed E-state index contributed by atoms with van der Waals surface area (Å²) >= 11 is 0. The summed E-state index contributed by atoms with van der Waals surface area (Å²) in [4.78, 5) is 24.8. The van der Waals surface area contributed by atoms with Gasteiger partial charge in [-0.25, -0.2) is 9.78 Å². The number of carboxylic acids is 1. The fraction of sp³-hybridized carbons (Fsp3) is 0. The van der Waals surface area contributed by atoms with Crippen LogP contribution in [0.25, 0.3) is 0 Å². The van der Waals surface area contributed by atoms with Crippen LogP contribution in [0.5, 0.6) is 0 Å². The van der Waals surface area contributed by atoms with Gasteiger partial charge < -0.3 is 10.4 Å². The Labute approximate surface area is 118 Å². The predicted octanol–water partition coefficient (Wildman–Crippen LogP) is 2.30. The average Bonchev–Trinajstić information content (AvgIpc) is 2.48. The van der Waals surface area contributed by atoms with Gasteiger partial charge in [-0.1, -0.05) is 0 Å². The van der Waals surface area contributed by atoms with Gasteiger partial charge in [-0.05, 0) is 24.3 Å². The number of rotatable bonds is 4. The van der Waals surface area contributed by atoms with Crippen LogP contribution in [0, 0.1) is 21.4 Å². The number of hydrogen-bond acceptors (Lipinski definition) is 6. The number of anilines is 2. The minimum absolute atomic E-state index is 0.0159. The summed E-state index contributed by atoms with van der Waals surface area (Å²) in [6, 6.07) is 9.14. The zero-order valence-electron chi connectivity index (χ0n) is 10.5. The van der Waals surface area contributed by atoms with Gasteiger partial charge in [0.05, 0.1) is 16.6 Å². The molecule has 0 fully saturated rings. The molecule has 0 spiro atoms. The maximum atomic E-state index is 11.1. The van der Waals surface area contributed by atoms with Crippen molar-refractivity contribution in [2.75, 3.05) is 5.32 Å². The van der Waals surface area contributed by atoms with E-state index in [1.54, 1.807) is 24.3 Å². The van der Waals surface area contributed by atoms with E-state index in [2.05, 4.69) is 10.3 Å². The maximum Gasteiger partial charge on any atom is 0.339 e. The van der Waals surface area contributed by atoms with E-state index in [1.165, 1.54) is 0 Å². The van der Waals surface area contributed by atoms with Crippen molar-refractivity contribution in [1.82, 2.24) is 4.98 Å². The van der Waals surface area contributed by atoms with Crippen molar-refractivity contribution in [3.05, 3.63) is 57.8 Å². The van der Waals surface area contributed by atoms with E-state index >= 15 is 0 Å². The standard InChI is InChI=1S/C13H8N4O4/c14-6-8-1-3-9(4-2-8)16-12-11(13(18)19)5-10(7-15-12)17(20)21/h1-5,7H,(H,15,16)(H,18,19). The molecule has 0 aliphatic carbocycles. The quantitative estimate of drug-likeness (QED) is 0.650. The summed E-state index contributed by atoms with van der Waals surface area (Å²) in [6.07, 6.45) is 0.971. The lowest BCUT2D eigenvalue weighted by Crippen LogP contribution is -2.06. The molecule has 2 rings (SSSR count). The summed E-state index contributed by atoms with van der Waals surface area (Å²) < 4.78 is 0. The number of benzene rings is 1. The van der Waals surface area contributed by atoms with Gasteiger partial charge in [0, 0.05) is 11.8 Å². The second-order valence-corrected chi connectivity index (χ2v) is 3.97. The Morgan fingerprint density at radius 3 is 2.57 bits per heavy atom. The second kappa shape index (κ2) is 5.66. The van der Waals surface area contributed by atoms with Crippen molar-refractivity contribution in [1.29, 1.82) is 5.26 Å². The molecule has 0 aliphatic heterocycles. The Bertz CT molecular complexity index is 750. The van der Waals surface area contributed by atoms with Crippen LogP contribution in [-0.2, 0) is 0 Å². The molecular weight excluding hydrogens is 276 g/mol. The highest BCUT2D eigenvalue weighted by Crippen LogP contribution is 2.22. The van der Waals surface area contributed by atoms with Gasteiger partial charge in [-0.3, -0.25) is 10.1 Å². The predicted molar refractivity (Wildman–Crippen MR) is 72.3 cm³/mol. The highest BCUT2D eigenvalue weighted by atomic mass is 16.6. The van der Waals surface area contributed by atoms with E-state index in [0.717, 1.165) is 12.3 Å². The van der Waals surface area contributed by atoms with E-state index in [0.29, 0.717) is 11.3 Å². The third-order valence-corrected chi connectivity index (χ3v) is 2.59. The van der Waals surface area contributed by atoms with Gasteiger partial charge in [0.15, 0.2) is 0 Å². The molecule has 0 radical (unpaired) electrons. The number of nitriles is 1. The van der Waals surface area contributed by atoms with Gasteiger partial charge in [0.2, 0.25) is 0 Å². The normalized spacial score (nSPS) is 9.67.